The Kier molecular flexibility index (Phi) is 3.42. The number of aromatic nitrogens is 2. The van der Waals surface area contributed by atoms with Crippen LogP contribution in [0.4, 0.5) is 0 Å². The van der Waals surface area contributed by atoms with Gasteiger partial charge in [0, 0.05) is 6.07 Å². The van der Waals surface area contributed by atoms with Crippen molar-refractivity contribution in [2.45, 2.75) is 12.5 Å². The van der Waals surface area contributed by atoms with Crippen LogP contribution in [0, 0.1) is 3.70 Å². The van der Waals surface area contributed by atoms with Crippen LogP contribution in [0.2, 0.25) is 0 Å². The van der Waals surface area contributed by atoms with Crippen LogP contribution in [0.25, 0.3) is 0 Å². The lowest BCUT2D eigenvalue weighted by Crippen LogP contribution is -2.35. The van der Waals surface area contributed by atoms with Gasteiger partial charge < -0.3 is 14.6 Å². The molecule has 0 aromatic carbocycles. The van der Waals surface area contributed by atoms with Gasteiger partial charge >= 0.3 is 5.69 Å². The molecule has 88 valence electrons. The quantitative estimate of drug-likeness (QED) is 0.532. The van der Waals surface area contributed by atoms with Gasteiger partial charge in [0.15, 0.2) is 12.5 Å². The highest BCUT2D eigenvalue weighted by molar-refractivity contribution is 14.1. The molecule has 1 aliphatic rings. The molecular formula is C8H9IN2O5. The summed E-state index contributed by atoms with van der Waals surface area (Å²) in [5.74, 6) is 0. The van der Waals surface area contributed by atoms with Crippen LogP contribution in [0.3, 0.4) is 0 Å². The van der Waals surface area contributed by atoms with Crippen LogP contribution in [-0.4, -0.2) is 34.2 Å². The van der Waals surface area contributed by atoms with E-state index in [-0.39, 0.29) is 13.2 Å². The van der Waals surface area contributed by atoms with Crippen molar-refractivity contribution in [2.75, 3.05) is 13.2 Å². The van der Waals surface area contributed by atoms with E-state index in [1.54, 1.807) is 0 Å². The standard InChI is InChI=1S/C8H9IN2O5/c9-4-1-5(13)10-8(14)11(4)6-3-15-7(2-12)16-6/h1,6-7,12H,2-3H2,(H,10,13,14). The molecular weight excluding hydrogens is 331 g/mol. The zero-order valence-corrected chi connectivity index (χ0v) is 10.2. The minimum atomic E-state index is -0.723. The lowest BCUT2D eigenvalue weighted by Gasteiger charge is -2.13. The summed E-state index contributed by atoms with van der Waals surface area (Å²) in [5, 5.41) is 8.82. The van der Waals surface area contributed by atoms with Gasteiger partial charge in [-0.05, 0) is 22.6 Å². The molecule has 2 unspecified atom stereocenters. The minimum Gasteiger partial charge on any atom is -0.391 e. The molecule has 1 aromatic rings. The Morgan fingerprint density at radius 3 is 2.94 bits per heavy atom. The van der Waals surface area contributed by atoms with E-state index in [0.29, 0.717) is 3.70 Å². The van der Waals surface area contributed by atoms with Gasteiger partial charge in [0.05, 0.1) is 16.9 Å². The third kappa shape index (κ3) is 2.19. The Morgan fingerprint density at radius 1 is 1.62 bits per heavy atom. The first kappa shape index (κ1) is 11.8. The molecule has 1 aromatic heterocycles. The summed E-state index contributed by atoms with van der Waals surface area (Å²) in [6, 6.07) is 1.29. The third-order valence-corrected chi connectivity index (χ3v) is 2.93. The molecule has 0 bridgehead atoms. The molecule has 7 nitrogen and oxygen atoms in total. The topological polar surface area (TPSA) is 93.5 Å². The first-order valence-electron chi connectivity index (χ1n) is 4.51. The third-order valence-electron chi connectivity index (χ3n) is 2.10. The molecule has 0 saturated carbocycles. The molecule has 1 aliphatic heterocycles. The zero-order valence-electron chi connectivity index (χ0n) is 8.05. The van der Waals surface area contributed by atoms with Gasteiger partial charge in [0.25, 0.3) is 5.56 Å². The highest BCUT2D eigenvalue weighted by Gasteiger charge is 2.28. The summed E-state index contributed by atoms with van der Waals surface area (Å²) >= 11 is 1.87. The van der Waals surface area contributed by atoms with E-state index in [0.717, 1.165) is 0 Å². The molecule has 0 aliphatic carbocycles. The average Bonchev–Trinajstić information content (AvgIpc) is 2.64. The molecule has 8 heteroatoms. The van der Waals surface area contributed by atoms with Crippen molar-refractivity contribution in [1.82, 2.24) is 9.55 Å². The molecule has 0 spiro atoms. The van der Waals surface area contributed by atoms with E-state index in [1.807, 2.05) is 22.6 Å². The van der Waals surface area contributed by atoms with Crippen molar-refractivity contribution in [3.8, 4) is 0 Å². The van der Waals surface area contributed by atoms with Crippen molar-refractivity contribution >= 4 is 22.6 Å². The maximum Gasteiger partial charge on any atom is 0.331 e. The fraction of sp³-hybridized carbons (Fsp3) is 0.500. The van der Waals surface area contributed by atoms with Crippen LogP contribution in [-0.2, 0) is 9.47 Å². The first-order chi connectivity index (χ1) is 7.61. The Balaban J connectivity index is 2.35. The number of aliphatic hydroxyl groups is 1. The van der Waals surface area contributed by atoms with Crippen LogP contribution in [0.1, 0.15) is 6.23 Å². The number of halogens is 1. The summed E-state index contributed by atoms with van der Waals surface area (Å²) in [5.41, 5.74) is -1.01. The molecule has 1 fully saturated rings. The molecule has 16 heavy (non-hydrogen) atoms. The van der Waals surface area contributed by atoms with Gasteiger partial charge in [0.1, 0.15) is 0 Å². The summed E-state index contributed by atoms with van der Waals surface area (Å²) in [4.78, 5) is 24.7. The van der Waals surface area contributed by atoms with Gasteiger partial charge in [-0.2, -0.15) is 0 Å². The maximum absolute atomic E-state index is 11.5. The van der Waals surface area contributed by atoms with Crippen molar-refractivity contribution in [2.24, 2.45) is 0 Å². The van der Waals surface area contributed by atoms with Crippen LogP contribution in [0.5, 0.6) is 0 Å². The van der Waals surface area contributed by atoms with E-state index in [1.165, 1.54) is 10.6 Å². The maximum atomic E-state index is 11.5. The fourth-order valence-corrected chi connectivity index (χ4v) is 2.23. The lowest BCUT2D eigenvalue weighted by molar-refractivity contribution is -0.0996. The Labute approximate surface area is 103 Å². The monoisotopic (exact) mass is 340 g/mol. The van der Waals surface area contributed by atoms with E-state index in [9.17, 15) is 9.59 Å². The molecule has 2 rings (SSSR count). The highest BCUT2D eigenvalue weighted by atomic mass is 127. The first-order valence-corrected chi connectivity index (χ1v) is 5.59. The number of nitrogens with one attached hydrogen (secondary N) is 1. The van der Waals surface area contributed by atoms with Crippen molar-refractivity contribution in [3.63, 3.8) is 0 Å². The molecule has 2 N–H and O–H groups in total. The number of hydrogen-bond acceptors (Lipinski definition) is 5. The number of ether oxygens (including phenoxy) is 2. The number of hydrogen-bond donors (Lipinski definition) is 2. The van der Waals surface area contributed by atoms with Gasteiger partial charge in [-0.25, -0.2) is 4.79 Å². The largest absolute Gasteiger partial charge is 0.391 e. The zero-order chi connectivity index (χ0) is 11.7. The van der Waals surface area contributed by atoms with Gasteiger partial charge in [-0.3, -0.25) is 14.3 Å². The second kappa shape index (κ2) is 4.65. The Bertz CT molecular complexity index is 496. The molecule has 2 heterocycles. The van der Waals surface area contributed by atoms with E-state index in [2.05, 4.69) is 4.98 Å². The lowest BCUT2D eigenvalue weighted by atomic mass is 10.5. The SMILES string of the molecule is O=c1cc(I)n(C2COC(CO)O2)c(=O)[nH]1. The summed E-state index contributed by atoms with van der Waals surface area (Å²) in [6.45, 7) is -0.113. The van der Waals surface area contributed by atoms with Gasteiger partial charge in [-0.1, -0.05) is 0 Å². The number of rotatable bonds is 2. The fourth-order valence-electron chi connectivity index (χ4n) is 1.42. The highest BCUT2D eigenvalue weighted by Crippen LogP contribution is 2.20. The predicted octanol–water partition coefficient (Wildman–Crippen LogP) is -0.995. The van der Waals surface area contributed by atoms with Gasteiger partial charge in [0.2, 0.25) is 0 Å². The molecule has 2 atom stereocenters. The second-order valence-corrected chi connectivity index (χ2v) is 4.27. The predicted molar refractivity (Wildman–Crippen MR) is 61.0 cm³/mol. The molecule has 0 radical (unpaired) electrons. The van der Waals surface area contributed by atoms with Crippen molar-refractivity contribution in [3.05, 3.63) is 30.6 Å². The Hall–Kier alpha value is -0.710. The number of nitrogens with zero attached hydrogens (tertiary/aromatic N) is 1. The average molecular weight is 340 g/mol. The second-order valence-electron chi connectivity index (χ2n) is 3.17. The normalized spacial score (nSPS) is 24.9. The van der Waals surface area contributed by atoms with E-state index < -0.39 is 23.8 Å². The number of aliphatic hydroxyl groups excluding tert-OH is 1. The Morgan fingerprint density at radius 2 is 2.38 bits per heavy atom. The van der Waals surface area contributed by atoms with Crippen LogP contribution in [0.15, 0.2) is 15.7 Å². The number of aromatic amines is 1. The molecule has 1 saturated heterocycles. The summed E-state index contributed by atoms with van der Waals surface area (Å²) < 4.78 is 12.1. The van der Waals surface area contributed by atoms with Crippen molar-refractivity contribution in [1.29, 1.82) is 0 Å². The smallest absolute Gasteiger partial charge is 0.331 e. The van der Waals surface area contributed by atoms with Crippen LogP contribution >= 0.6 is 22.6 Å². The summed E-state index contributed by atoms with van der Waals surface area (Å²) in [6.07, 6.45) is -1.34. The minimum absolute atomic E-state index is 0.160. The van der Waals surface area contributed by atoms with E-state index in [4.69, 9.17) is 14.6 Å². The summed E-state index contributed by atoms with van der Waals surface area (Å²) in [7, 11) is 0. The number of H-pyrrole nitrogens is 1. The van der Waals surface area contributed by atoms with E-state index >= 15 is 0 Å². The molecule has 0 amide bonds. The van der Waals surface area contributed by atoms with Crippen LogP contribution < -0.4 is 11.2 Å². The van der Waals surface area contributed by atoms with Crippen molar-refractivity contribution < 1.29 is 14.6 Å². The van der Waals surface area contributed by atoms with Gasteiger partial charge in [-0.15, -0.1) is 0 Å².